The van der Waals surface area contributed by atoms with Gasteiger partial charge in [-0.15, -0.1) is 5.10 Å². The first-order chi connectivity index (χ1) is 17.0. The zero-order chi connectivity index (χ0) is 24.4. The van der Waals surface area contributed by atoms with Gasteiger partial charge in [0.05, 0.1) is 12.2 Å². The molecule has 0 saturated carbocycles. The van der Waals surface area contributed by atoms with Crippen LogP contribution >= 0.6 is 23.2 Å². The minimum atomic E-state index is -0.147. The third kappa shape index (κ3) is 5.18. The molecule has 1 aliphatic rings. The summed E-state index contributed by atoms with van der Waals surface area (Å²) in [6.07, 6.45) is 3.31. The molecule has 10 nitrogen and oxygen atoms in total. The average Bonchev–Trinajstić information content (AvgIpc) is 3.51. The Balaban J connectivity index is 1.22. The van der Waals surface area contributed by atoms with Gasteiger partial charge in [0.25, 0.3) is 0 Å². The molecule has 0 atom stereocenters. The zero-order valence-corrected chi connectivity index (χ0v) is 19.9. The fourth-order valence-corrected chi connectivity index (χ4v) is 4.43. The molecule has 0 aliphatic carbocycles. The van der Waals surface area contributed by atoms with Crippen LogP contribution in [0.25, 0.3) is 16.9 Å². The highest BCUT2D eigenvalue weighted by Crippen LogP contribution is 2.31. The van der Waals surface area contributed by atoms with E-state index in [0.717, 1.165) is 28.1 Å². The van der Waals surface area contributed by atoms with E-state index >= 15 is 0 Å². The summed E-state index contributed by atoms with van der Waals surface area (Å²) in [5.41, 5.74) is 4.91. The molecular formula is C23H20Cl2N8O2. The molecule has 2 amide bonds. The Morgan fingerprint density at radius 3 is 2.86 bits per heavy atom. The normalized spacial score (nSPS) is 12.8. The van der Waals surface area contributed by atoms with Crippen LogP contribution in [-0.2, 0) is 29.0 Å². The number of carbonyl (C=O) groups is 2. The number of nitrogens with one attached hydrogen (secondary N) is 3. The molecule has 0 fully saturated rings. The van der Waals surface area contributed by atoms with E-state index in [2.05, 4.69) is 36.1 Å². The highest BCUT2D eigenvalue weighted by Gasteiger charge is 2.18. The maximum absolute atomic E-state index is 12.5. The first-order valence-electron chi connectivity index (χ1n) is 10.9. The van der Waals surface area contributed by atoms with Crippen molar-refractivity contribution in [1.29, 1.82) is 0 Å². The van der Waals surface area contributed by atoms with Gasteiger partial charge in [0, 0.05) is 29.1 Å². The summed E-state index contributed by atoms with van der Waals surface area (Å²) >= 11 is 12.5. The summed E-state index contributed by atoms with van der Waals surface area (Å²) in [4.78, 5) is 31.7. The molecular weight excluding hydrogens is 491 g/mol. The van der Waals surface area contributed by atoms with E-state index in [0.29, 0.717) is 41.0 Å². The highest BCUT2D eigenvalue weighted by molar-refractivity contribution is 6.32. The number of halogens is 2. The minimum Gasteiger partial charge on any atom is -0.349 e. The van der Waals surface area contributed by atoms with Crippen LogP contribution in [-0.4, -0.2) is 42.0 Å². The van der Waals surface area contributed by atoms with Crippen LogP contribution in [0.2, 0.25) is 10.2 Å². The van der Waals surface area contributed by atoms with Crippen molar-refractivity contribution in [3.8, 4) is 16.9 Å². The standard InChI is InChI=1S/C23H20Cl2N8O2/c24-16-4-6-18(33-12-27-31-32-33)14(10-16)3-7-20(34)26-11-19-29-22(23(25)30-19)15-1-5-17-13(9-15)2-8-21(35)28-17/h1,4-6,9-10,12H,2-3,7-8,11H2,(H,26,34)(H,28,35)(H,29,30). The van der Waals surface area contributed by atoms with Crippen LogP contribution in [0.15, 0.2) is 42.7 Å². The van der Waals surface area contributed by atoms with E-state index in [-0.39, 0.29) is 24.8 Å². The number of benzene rings is 2. The number of hydrogen-bond donors (Lipinski definition) is 3. The van der Waals surface area contributed by atoms with Gasteiger partial charge in [0.1, 0.15) is 23.0 Å². The Bertz CT molecular complexity index is 1400. The number of rotatable bonds is 7. The van der Waals surface area contributed by atoms with Crippen molar-refractivity contribution in [3.63, 3.8) is 0 Å². The van der Waals surface area contributed by atoms with Crippen LogP contribution in [0.5, 0.6) is 0 Å². The van der Waals surface area contributed by atoms with Gasteiger partial charge in [-0.05, 0) is 64.7 Å². The van der Waals surface area contributed by atoms with Crippen molar-refractivity contribution in [2.24, 2.45) is 0 Å². The first kappa shape index (κ1) is 23.0. The molecule has 3 N–H and O–H groups in total. The summed E-state index contributed by atoms with van der Waals surface area (Å²) < 4.78 is 1.53. The maximum Gasteiger partial charge on any atom is 0.224 e. The number of aromatic nitrogens is 6. The lowest BCUT2D eigenvalue weighted by atomic mass is 9.99. The smallest absolute Gasteiger partial charge is 0.224 e. The number of tetrazole rings is 1. The lowest BCUT2D eigenvalue weighted by Gasteiger charge is -2.17. The molecule has 2 aromatic carbocycles. The van der Waals surface area contributed by atoms with Crippen molar-refractivity contribution in [2.75, 3.05) is 5.32 Å². The fraction of sp³-hybridized carbons (Fsp3) is 0.217. The van der Waals surface area contributed by atoms with E-state index in [9.17, 15) is 9.59 Å². The molecule has 0 bridgehead atoms. The third-order valence-corrected chi connectivity index (χ3v) is 6.20. The average molecular weight is 511 g/mol. The highest BCUT2D eigenvalue weighted by atomic mass is 35.5. The van der Waals surface area contributed by atoms with Crippen molar-refractivity contribution >= 4 is 40.7 Å². The number of aromatic amines is 1. The molecule has 0 spiro atoms. The Kier molecular flexibility index (Phi) is 6.47. The summed E-state index contributed by atoms with van der Waals surface area (Å²) in [5.74, 6) is 0.413. The number of imidazole rings is 1. The Hall–Kier alpha value is -3.76. The molecule has 0 radical (unpaired) electrons. The van der Waals surface area contributed by atoms with Gasteiger partial charge in [-0.1, -0.05) is 29.3 Å². The van der Waals surface area contributed by atoms with Gasteiger partial charge in [0.2, 0.25) is 11.8 Å². The van der Waals surface area contributed by atoms with Crippen LogP contribution in [0.3, 0.4) is 0 Å². The maximum atomic E-state index is 12.5. The number of carbonyl (C=O) groups excluding carboxylic acids is 2. The summed E-state index contributed by atoms with van der Waals surface area (Å²) in [5, 5.41) is 17.9. The van der Waals surface area contributed by atoms with Gasteiger partial charge >= 0.3 is 0 Å². The van der Waals surface area contributed by atoms with Crippen molar-refractivity contribution < 1.29 is 9.59 Å². The van der Waals surface area contributed by atoms with E-state index in [1.165, 1.54) is 11.0 Å². The SMILES string of the molecule is O=C(CCc1cc(Cl)ccc1-n1cnnn1)NCc1nc(-c2ccc3c(c2)CCC(=O)N3)c(Cl)[nH]1. The van der Waals surface area contributed by atoms with Gasteiger partial charge < -0.3 is 15.6 Å². The van der Waals surface area contributed by atoms with E-state index < -0.39 is 0 Å². The number of nitrogens with zero attached hydrogens (tertiary/aromatic N) is 5. The van der Waals surface area contributed by atoms with Crippen LogP contribution in [0, 0.1) is 0 Å². The fourth-order valence-electron chi connectivity index (χ4n) is 3.97. The van der Waals surface area contributed by atoms with Gasteiger partial charge in [0.15, 0.2) is 0 Å². The molecule has 4 aromatic rings. The summed E-state index contributed by atoms with van der Waals surface area (Å²) in [6.45, 7) is 0.203. The number of fused-ring (bicyclic) bond motifs is 1. The van der Waals surface area contributed by atoms with E-state index in [1.54, 1.807) is 12.1 Å². The molecule has 1 aliphatic heterocycles. The number of hydrogen-bond acceptors (Lipinski definition) is 6. The predicted molar refractivity (Wildman–Crippen MR) is 130 cm³/mol. The van der Waals surface area contributed by atoms with Crippen molar-refractivity contribution in [1.82, 2.24) is 35.5 Å². The quantitative estimate of drug-likeness (QED) is 0.348. The molecule has 2 aromatic heterocycles. The molecule has 178 valence electrons. The largest absolute Gasteiger partial charge is 0.349 e. The van der Waals surface area contributed by atoms with Crippen LogP contribution in [0.1, 0.15) is 29.8 Å². The molecule has 35 heavy (non-hydrogen) atoms. The third-order valence-electron chi connectivity index (χ3n) is 5.69. The van der Waals surface area contributed by atoms with Gasteiger partial charge in [-0.2, -0.15) is 0 Å². The molecule has 0 saturated heterocycles. The molecule has 0 unspecified atom stereocenters. The first-order valence-corrected chi connectivity index (χ1v) is 11.7. The predicted octanol–water partition coefficient (Wildman–Crippen LogP) is 3.49. The second-order valence-corrected chi connectivity index (χ2v) is 8.88. The number of amides is 2. The second-order valence-electron chi connectivity index (χ2n) is 8.07. The Labute approximate surface area is 210 Å². The second kappa shape index (κ2) is 9.85. The zero-order valence-electron chi connectivity index (χ0n) is 18.4. The molecule has 3 heterocycles. The number of H-pyrrole nitrogens is 1. The lowest BCUT2D eigenvalue weighted by molar-refractivity contribution is -0.121. The topological polar surface area (TPSA) is 130 Å². The van der Waals surface area contributed by atoms with Crippen molar-refractivity contribution in [2.45, 2.75) is 32.2 Å². The van der Waals surface area contributed by atoms with Crippen LogP contribution < -0.4 is 10.6 Å². The number of aryl methyl sites for hydroxylation is 2. The Morgan fingerprint density at radius 1 is 1.14 bits per heavy atom. The summed E-state index contributed by atoms with van der Waals surface area (Å²) in [6, 6.07) is 11.1. The molecule has 12 heteroatoms. The van der Waals surface area contributed by atoms with E-state index in [1.807, 2.05) is 24.3 Å². The monoisotopic (exact) mass is 510 g/mol. The Morgan fingerprint density at radius 2 is 2.03 bits per heavy atom. The summed E-state index contributed by atoms with van der Waals surface area (Å²) in [7, 11) is 0. The van der Waals surface area contributed by atoms with Gasteiger partial charge in [-0.25, -0.2) is 9.67 Å². The van der Waals surface area contributed by atoms with Crippen LogP contribution in [0.4, 0.5) is 5.69 Å². The number of anilines is 1. The van der Waals surface area contributed by atoms with Crippen molar-refractivity contribution in [3.05, 3.63) is 69.9 Å². The minimum absolute atomic E-state index is 0.0167. The van der Waals surface area contributed by atoms with E-state index in [4.69, 9.17) is 23.2 Å². The van der Waals surface area contributed by atoms with Gasteiger partial charge in [-0.3, -0.25) is 9.59 Å². The lowest BCUT2D eigenvalue weighted by Crippen LogP contribution is -2.23. The molecule has 5 rings (SSSR count).